The number of likely N-dealkylation sites (N-methyl/N-ethyl adjacent to an activating group) is 1. The second-order valence-corrected chi connectivity index (χ2v) is 7.06. The van der Waals surface area contributed by atoms with Gasteiger partial charge in [0.15, 0.2) is 0 Å². The molecule has 2 aromatic rings. The number of carboxylic acids is 1. The number of hydrogen-bond acceptors (Lipinski definition) is 4. The molecule has 0 bridgehead atoms. The molecule has 23 heavy (non-hydrogen) atoms. The summed E-state index contributed by atoms with van der Waals surface area (Å²) in [5.74, 6) is -1.31. The Balaban J connectivity index is 2.49. The molecule has 1 unspecified atom stereocenters. The molecule has 1 aromatic heterocycles. The topological polar surface area (TPSA) is 87.8 Å². The number of hydrogen-bond donors (Lipinski definition) is 1. The number of rotatable bonds is 5. The number of sulfonamides is 1. The number of carboxylic acid groups (broad SMARTS) is 1. The van der Waals surface area contributed by atoms with E-state index in [9.17, 15) is 22.7 Å². The molecular weight excluding hydrogens is 325 g/mol. The maximum atomic E-state index is 13.0. The van der Waals surface area contributed by atoms with E-state index in [0.29, 0.717) is 5.76 Å². The van der Waals surface area contributed by atoms with Crippen molar-refractivity contribution < 1.29 is 27.1 Å². The molecule has 0 saturated carbocycles. The van der Waals surface area contributed by atoms with E-state index in [1.54, 1.807) is 6.92 Å². The fourth-order valence-electron chi connectivity index (χ4n) is 2.31. The van der Waals surface area contributed by atoms with Crippen molar-refractivity contribution in [1.82, 2.24) is 4.31 Å². The van der Waals surface area contributed by atoms with Crippen molar-refractivity contribution in [2.24, 2.45) is 0 Å². The van der Waals surface area contributed by atoms with Crippen LogP contribution in [-0.2, 0) is 14.8 Å². The highest BCUT2D eigenvalue weighted by Crippen LogP contribution is 2.29. The van der Waals surface area contributed by atoms with Crippen LogP contribution in [0, 0.1) is 19.7 Å². The SMILES string of the molecule is Cc1cc(S(=O)(=O)N(C)C(C(=O)O)c2ccc(F)cc2)c(C)o1. The van der Waals surface area contributed by atoms with Gasteiger partial charge in [0.2, 0.25) is 10.0 Å². The highest BCUT2D eigenvalue weighted by atomic mass is 32.2. The minimum atomic E-state index is -4.09. The van der Waals surface area contributed by atoms with Crippen LogP contribution in [0.15, 0.2) is 39.6 Å². The van der Waals surface area contributed by atoms with Crippen LogP contribution in [0.1, 0.15) is 23.1 Å². The summed E-state index contributed by atoms with van der Waals surface area (Å²) in [5.41, 5.74) is 0.155. The fourth-order valence-corrected chi connectivity index (χ4v) is 3.83. The number of aryl methyl sites for hydroxylation is 2. The summed E-state index contributed by atoms with van der Waals surface area (Å²) in [4.78, 5) is 11.5. The zero-order valence-electron chi connectivity index (χ0n) is 12.8. The lowest BCUT2D eigenvalue weighted by Crippen LogP contribution is -2.36. The molecule has 0 aliphatic carbocycles. The zero-order valence-corrected chi connectivity index (χ0v) is 13.6. The monoisotopic (exact) mass is 341 g/mol. The number of halogens is 1. The van der Waals surface area contributed by atoms with Crippen LogP contribution in [-0.4, -0.2) is 30.8 Å². The van der Waals surface area contributed by atoms with Crippen LogP contribution >= 0.6 is 0 Å². The smallest absolute Gasteiger partial charge is 0.326 e. The zero-order chi connectivity index (χ0) is 17.4. The maximum Gasteiger partial charge on any atom is 0.326 e. The lowest BCUT2D eigenvalue weighted by Gasteiger charge is -2.24. The van der Waals surface area contributed by atoms with Crippen molar-refractivity contribution in [1.29, 1.82) is 0 Å². The van der Waals surface area contributed by atoms with E-state index in [2.05, 4.69) is 0 Å². The number of aliphatic carboxylic acids is 1. The number of nitrogens with zero attached hydrogens (tertiary/aromatic N) is 1. The average Bonchev–Trinajstić information content (AvgIpc) is 2.80. The molecule has 1 atom stereocenters. The summed E-state index contributed by atoms with van der Waals surface area (Å²) in [6.45, 7) is 3.09. The highest BCUT2D eigenvalue weighted by Gasteiger charge is 2.36. The van der Waals surface area contributed by atoms with Gasteiger partial charge in [0, 0.05) is 7.05 Å². The van der Waals surface area contributed by atoms with Gasteiger partial charge in [0.1, 0.15) is 28.3 Å². The standard InChI is InChI=1S/C15H16FNO5S/c1-9-8-13(10(2)22-9)23(20,21)17(3)14(15(18)19)11-4-6-12(16)7-5-11/h4-8,14H,1-3H3,(H,18,19). The molecule has 0 spiro atoms. The van der Waals surface area contributed by atoms with Crippen LogP contribution < -0.4 is 0 Å². The van der Waals surface area contributed by atoms with Gasteiger partial charge < -0.3 is 9.52 Å². The van der Waals surface area contributed by atoms with Gasteiger partial charge >= 0.3 is 5.97 Å². The molecular formula is C15H16FNO5S. The Morgan fingerprint density at radius 1 is 1.26 bits per heavy atom. The van der Waals surface area contributed by atoms with Gasteiger partial charge in [-0.1, -0.05) is 12.1 Å². The van der Waals surface area contributed by atoms with Crippen LogP contribution in [0.25, 0.3) is 0 Å². The van der Waals surface area contributed by atoms with Crippen molar-refractivity contribution in [3.63, 3.8) is 0 Å². The molecule has 0 radical (unpaired) electrons. The third-order valence-corrected chi connectivity index (χ3v) is 5.37. The van der Waals surface area contributed by atoms with Gasteiger partial charge in [-0.05, 0) is 37.6 Å². The number of furan rings is 1. The molecule has 0 fully saturated rings. The molecule has 0 amide bonds. The normalized spacial score (nSPS) is 13.3. The molecule has 0 saturated heterocycles. The Hall–Kier alpha value is -2.19. The first-order chi connectivity index (χ1) is 10.6. The minimum Gasteiger partial charge on any atom is -0.480 e. The Morgan fingerprint density at radius 2 is 1.83 bits per heavy atom. The summed E-state index contributed by atoms with van der Waals surface area (Å²) in [7, 11) is -2.92. The van der Waals surface area contributed by atoms with Gasteiger partial charge in [-0.3, -0.25) is 4.79 Å². The molecule has 1 heterocycles. The minimum absolute atomic E-state index is 0.0918. The fraction of sp³-hybridized carbons (Fsp3) is 0.267. The molecule has 6 nitrogen and oxygen atoms in total. The predicted octanol–water partition coefficient (Wildman–Crippen LogP) is 2.48. The largest absolute Gasteiger partial charge is 0.480 e. The second kappa shape index (κ2) is 6.13. The van der Waals surface area contributed by atoms with Crippen molar-refractivity contribution in [2.75, 3.05) is 7.05 Å². The first-order valence-electron chi connectivity index (χ1n) is 6.68. The highest BCUT2D eigenvalue weighted by molar-refractivity contribution is 7.89. The predicted molar refractivity (Wildman–Crippen MR) is 79.9 cm³/mol. The molecule has 1 N–H and O–H groups in total. The molecule has 8 heteroatoms. The Kier molecular flexibility index (Phi) is 4.58. The first kappa shape index (κ1) is 17.2. The summed E-state index contributed by atoms with van der Waals surface area (Å²) >= 11 is 0. The molecule has 124 valence electrons. The third kappa shape index (κ3) is 3.27. The van der Waals surface area contributed by atoms with Gasteiger partial charge in [0.25, 0.3) is 0 Å². The van der Waals surface area contributed by atoms with Crippen LogP contribution in [0.2, 0.25) is 0 Å². The second-order valence-electron chi connectivity index (χ2n) is 5.09. The van der Waals surface area contributed by atoms with E-state index in [-0.39, 0.29) is 16.2 Å². The molecule has 0 aliphatic rings. The lowest BCUT2D eigenvalue weighted by atomic mass is 10.1. The average molecular weight is 341 g/mol. The maximum absolute atomic E-state index is 13.0. The van der Waals surface area contributed by atoms with Crippen molar-refractivity contribution in [2.45, 2.75) is 24.8 Å². The van der Waals surface area contributed by atoms with Crippen molar-refractivity contribution >= 4 is 16.0 Å². The summed E-state index contributed by atoms with van der Waals surface area (Å²) in [6.07, 6.45) is 0. The molecule has 2 rings (SSSR count). The van der Waals surface area contributed by atoms with Crippen molar-refractivity contribution in [3.05, 3.63) is 53.2 Å². The van der Waals surface area contributed by atoms with Crippen LogP contribution in [0.3, 0.4) is 0 Å². The summed E-state index contributed by atoms with van der Waals surface area (Å²) in [6, 6.07) is 4.51. The van der Waals surface area contributed by atoms with E-state index in [1.165, 1.54) is 32.2 Å². The van der Waals surface area contributed by atoms with Gasteiger partial charge in [-0.25, -0.2) is 12.8 Å². The van der Waals surface area contributed by atoms with Crippen LogP contribution in [0.5, 0.6) is 0 Å². The van der Waals surface area contributed by atoms with E-state index in [0.717, 1.165) is 16.4 Å². The van der Waals surface area contributed by atoms with Crippen LogP contribution in [0.4, 0.5) is 4.39 Å². The number of carbonyl (C=O) groups is 1. The molecule has 0 aliphatic heterocycles. The molecule has 1 aromatic carbocycles. The van der Waals surface area contributed by atoms with Gasteiger partial charge in [-0.2, -0.15) is 4.31 Å². The summed E-state index contributed by atoms with van der Waals surface area (Å²) in [5, 5.41) is 9.43. The Labute approximate surface area is 133 Å². The quantitative estimate of drug-likeness (QED) is 0.903. The number of benzene rings is 1. The Morgan fingerprint density at radius 3 is 2.26 bits per heavy atom. The van der Waals surface area contributed by atoms with Gasteiger partial charge in [-0.15, -0.1) is 0 Å². The van der Waals surface area contributed by atoms with E-state index in [4.69, 9.17) is 4.42 Å². The first-order valence-corrected chi connectivity index (χ1v) is 8.12. The van der Waals surface area contributed by atoms with E-state index >= 15 is 0 Å². The lowest BCUT2D eigenvalue weighted by molar-refractivity contribution is -0.141. The van der Waals surface area contributed by atoms with E-state index in [1.807, 2.05) is 0 Å². The Bertz CT molecular complexity index is 826. The van der Waals surface area contributed by atoms with Gasteiger partial charge in [0.05, 0.1) is 0 Å². The van der Waals surface area contributed by atoms with E-state index < -0.39 is 27.9 Å². The summed E-state index contributed by atoms with van der Waals surface area (Å²) < 4.78 is 44.3. The van der Waals surface area contributed by atoms with Crippen molar-refractivity contribution in [3.8, 4) is 0 Å². The third-order valence-electron chi connectivity index (χ3n) is 3.44.